The summed E-state index contributed by atoms with van der Waals surface area (Å²) in [7, 11) is 0. The van der Waals surface area contributed by atoms with E-state index in [2.05, 4.69) is 20.5 Å². The maximum Gasteiger partial charge on any atom is 0.230 e. The number of thiazole rings is 1. The van der Waals surface area contributed by atoms with E-state index in [-0.39, 0.29) is 18.1 Å². The van der Waals surface area contributed by atoms with Crippen LogP contribution in [-0.2, 0) is 11.2 Å². The van der Waals surface area contributed by atoms with Crippen LogP contribution in [0.2, 0.25) is 0 Å². The molecule has 1 amide bonds. The predicted octanol–water partition coefficient (Wildman–Crippen LogP) is 2.18. The molecular formula is C13H16N4O2S. The summed E-state index contributed by atoms with van der Waals surface area (Å²) in [5.41, 5.74) is 3.24. The Hall–Kier alpha value is -2.02. The van der Waals surface area contributed by atoms with E-state index in [9.17, 15) is 9.59 Å². The lowest BCUT2D eigenvalue weighted by Crippen LogP contribution is -2.15. The highest BCUT2D eigenvalue weighted by atomic mass is 32.1. The summed E-state index contributed by atoms with van der Waals surface area (Å²) in [6, 6.07) is 0. The van der Waals surface area contributed by atoms with Gasteiger partial charge in [0.15, 0.2) is 10.9 Å². The molecule has 0 atom stereocenters. The molecule has 0 fully saturated rings. The summed E-state index contributed by atoms with van der Waals surface area (Å²) in [6.07, 6.45) is 0.238. The number of hydrogen-bond donors (Lipinski definition) is 2. The Morgan fingerprint density at radius 3 is 2.45 bits per heavy atom. The quantitative estimate of drug-likeness (QED) is 0.845. The van der Waals surface area contributed by atoms with Crippen molar-refractivity contribution in [3.05, 3.63) is 27.5 Å². The third-order valence-electron chi connectivity index (χ3n) is 2.98. The minimum Gasteiger partial charge on any atom is -0.302 e. The Kier molecular flexibility index (Phi) is 3.99. The molecule has 2 aromatic rings. The Morgan fingerprint density at radius 2 is 1.95 bits per heavy atom. The molecule has 2 rings (SSSR count). The largest absolute Gasteiger partial charge is 0.302 e. The molecule has 0 aliphatic heterocycles. The van der Waals surface area contributed by atoms with Crippen molar-refractivity contribution in [1.29, 1.82) is 0 Å². The third-order valence-corrected chi connectivity index (χ3v) is 4.15. The number of carbonyl (C=O) groups excluding carboxylic acids is 2. The van der Waals surface area contributed by atoms with E-state index in [0.717, 1.165) is 17.0 Å². The smallest absolute Gasteiger partial charge is 0.230 e. The molecule has 0 aromatic carbocycles. The Labute approximate surface area is 120 Å². The summed E-state index contributed by atoms with van der Waals surface area (Å²) in [5.74, 6) is -0.205. The van der Waals surface area contributed by atoms with Gasteiger partial charge >= 0.3 is 0 Å². The van der Waals surface area contributed by atoms with Gasteiger partial charge in [-0.25, -0.2) is 4.98 Å². The van der Waals surface area contributed by atoms with Gasteiger partial charge in [0.2, 0.25) is 5.91 Å². The molecular weight excluding hydrogens is 276 g/mol. The lowest BCUT2D eigenvalue weighted by Gasteiger charge is -2.01. The van der Waals surface area contributed by atoms with E-state index < -0.39 is 0 Å². The SMILES string of the molecule is CC(=O)c1sc(NC(=O)Cc2c(C)n[nH]c2C)nc1C. The van der Waals surface area contributed by atoms with E-state index in [4.69, 9.17) is 0 Å². The van der Waals surface area contributed by atoms with E-state index in [1.807, 2.05) is 13.8 Å². The van der Waals surface area contributed by atoms with Gasteiger partial charge in [-0.15, -0.1) is 0 Å². The molecule has 7 heteroatoms. The lowest BCUT2D eigenvalue weighted by atomic mass is 10.1. The second-order valence-corrected chi connectivity index (χ2v) is 5.63. The zero-order valence-corrected chi connectivity index (χ0v) is 12.6. The van der Waals surface area contributed by atoms with E-state index >= 15 is 0 Å². The number of H-pyrrole nitrogens is 1. The van der Waals surface area contributed by atoms with Crippen molar-refractivity contribution < 1.29 is 9.59 Å². The van der Waals surface area contributed by atoms with Crippen molar-refractivity contribution in [3.8, 4) is 0 Å². The molecule has 0 unspecified atom stereocenters. The number of nitrogens with one attached hydrogen (secondary N) is 2. The first-order valence-electron chi connectivity index (χ1n) is 6.17. The average Bonchev–Trinajstić information content (AvgIpc) is 2.86. The van der Waals surface area contributed by atoms with Crippen molar-refractivity contribution in [2.24, 2.45) is 0 Å². The van der Waals surface area contributed by atoms with E-state index in [1.165, 1.54) is 18.3 Å². The Balaban J connectivity index is 2.09. The number of amides is 1. The number of ketones is 1. The highest BCUT2D eigenvalue weighted by Gasteiger charge is 2.15. The summed E-state index contributed by atoms with van der Waals surface area (Å²) >= 11 is 1.20. The minimum absolute atomic E-state index is 0.0398. The average molecular weight is 292 g/mol. The predicted molar refractivity (Wildman–Crippen MR) is 77.3 cm³/mol. The Morgan fingerprint density at radius 1 is 1.25 bits per heavy atom. The second kappa shape index (κ2) is 5.54. The van der Waals surface area contributed by atoms with Gasteiger partial charge in [-0.1, -0.05) is 11.3 Å². The first-order chi connectivity index (χ1) is 9.38. The van der Waals surface area contributed by atoms with Gasteiger partial charge < -0.3 is 5.32 Å². The highest BCUT2D eigenvalue weighted by Crippen LogP contribution is 2.23. The van der Waals surface area contributed by atoms with Crippen LogP contribution in [0.3, 0.4) is 0 Å². The number of rotatable bonds is 4. The molecule has 2 N–H and O–H groups in total. The van der Waals surface area contributed by atoms with Crippen molar-refractivity contribution in [3.63, 3.8) is 0 Å². The Bertz CT molecular complexity index is 652. The molecule has 0 spiro atoms. The molecule has 106 valence electrons. The van der Waals surface area contributed by atoms with Crippen molar-refractivity contribution >= 4 is 28.2 Å². The lowest BCUT2D eigenvalue weighted by molar-refractivity contribution is -0.115. The van der Waals surface area contributed by atoms with Gasteiger partial charge in [0.25, 0.3) is 0 Å². The van der Waals surface area contributed by atoms with Gasteiger partial charge in [0, 0.05) is 18.2 Å². The van der Waals surface area contributed by atoms with Crippen molar-refractivity contribution in [1.82, 2.24) is 15.2 Å². The summed E-state index contributed by atoms with van der Waals surface area (Å²) in [6.45, 7) is 6.98. The van der Waals surface area contributed by atoms with Crippen LogP contribution in [0.5, 0.6) is 0 Å². The molecule has 20 heavy (non-hydrogen) atoms. The van der Waals surface area contributed by atoms with Crippen LogP contribution in [0.1, 0.15) is 39.2 Å². The molecule has 0 saturated heterocycles. The van der Waals surface area contributed by atoms with Gasteiger partial charge in [-0.3, -0.25) is 14.7 Å². The van der Waals surface area contributed by atoms with Crippen molar-refractivity contribution in [2.45, 2.75) is 34.1 Å². The maximum absolute atomic E-state index is 12.0. The second-order valence-electron chi connectivity index (χ2n) is 4.63. The normalized spacial score (nSPS) is 10.6. The molecule has 0 radical (unpaired) electrons. The summed E-state index contributed by atoms with van der Waals surface area (Å²) in [4.78, 5) is 28.1. The summed E-state index contributed by atoms with van der Waals surface area (Å²) < 4.78 is 0. The van der Waals surface area contributed by atoms with Crippen LogP contribution >= 0.6 is 11.3 Å². The van der Waals surface area contributed by atoms with E-state index in [0.29, 0.717) is 15.7 Å². The topological polar surface area (TPSA) is 87.7 Å². The number of aromatic amines is 1. The van der Waals surface area contributed by atoms with Crippen LogP contribution in [0.25, 0.3) is 0 Å². The first-order valence-corrected chi connectivity index (χ1v) is 6.98. The fourth-order valence-electron chi connectivity index (χ4n) is 1.94. The van der Waals surface area contributed by atoms with Crippen LogP contribution in [-0.4, -0.2) is 26.9 Å². The highest BCUT2D eigenvalue weighted by molar-refractivity contribution is 7.17. The monoisotopic (exact) mass is 292 g/mol. The molecule has 0 bridgehead atoms. The maximum atomic E-state index is 12.0. The number of Topliss-reactive ketones (excluding diaryl/α,β-unsaturated/α-hetero) is 1. The van der Waals surface area contributed by atoms with Crippen LogP contribution in [0.15, 0.2) is 0 Å². The fraction of sp³-hybridized carbons (Fsp3) is 0.385. The van der Waals surface area contributed by atoms with Gasteiger partial charge in [-0.05, 0) is 20.8 Å². The first kappa shape index (κ1) is 14.4. The third kappa shape index (κ3) is 2.93. The van der Waals surface area contributed by atoms with E-state index in [1.54, 1.807) is 6.92 Å². The molecule has 0 aliphatic rings. The molecule has 0 saturated carbocycles. The number of carbonyl (C=O) groups is 2. The van der Waals surface area contributed by atoms with Gasteiger partial charge in [-0.2, -0.15) is 5.10 Å². The number of hydrogen-bond acceptors (Lipinski definition) is 5. The standard InChI is InChI=1S/C13H16N4O2S/c1-6-10(7(2)17-16-6)5-11(19)15-13-14-8(3)12(20-13)9(4)18/h5H2,1-4H3,(H,16,17)(H,14,15,19). The van der Waals surface area contributed by atoms with Crippen LogP contribution < -0.4 is 5.32 Å². The van der Waals surface area contributed by atoms with Gasteiger partial charge in [0.05, 0.1) is 22.7 Å². The molecule has 6 nitrogen and oxygen atoms in total. The summed E-state index contributed by atoms with van der Waals surface area (Å²) in [5, 5.41) is 10.1. The van der Waals surface area contributed by atoms with Gasteiger partial charge in [0.1, 0.15) is 0 Å². The van der Waals surface area contributed by atoms with Crippen molar-refractivity contribution in [2.75, 3.05) is 5.32 Å². The molecule has 0 aliphatic carbocycles. The molecule has 2 aromatic heterocycles. The number of nitrogens with zero attached hydrogens (tertiary/aromatic N) is 2. The zero-order chi connectivity index (χ0) is 14.9. The number of aromatic nitrogens is 3. The zero-order valence-electron chi connectivity index (χ0n) is 11.8. The molecule has 2 heterocycles. The van der Waals surface area contributed by atoms with Crippen LogP contribution in [0.4, 0.5) is 5.13 Å². The fourth-order valence-corrected chi connectivity index (χ4v) is 2.81. The number of anilines is 1. The number of aryl methyl sites for hydroxylation is 3. The minimum atomic E-state index is -0.165. The van der Waals surface area contributed by atoms with Crippen LogP contribution in [0, 0.1) is 20.8 Å².